The van der Waals surface area contributed by atoms with Crippen LogP contribution in [0.25, 0.3) is 0 Å². The SMILES string of the molecule is CCS(=O)(=O)N1CCc2c([nH][nH]c2=O)C1. The van der Waals surface area contributed by atoms with E-state index in [1.54, 1.807) is 6.92 Å². The topological polar surface area (TPSA) is 86.0 Å². The smallest absolute Gasteiger partial charge is 0.267 e. The molecule has 0 radical (unpaired) electrons. The van der Waals surface area contributed by atoms with Crippen molar-refractivity contribution in [1.29, 1.82) is 0 Å². The second-order valence-electron chi connectivity index (χ2n) is 3.52. The van der Waals surface area contributed by atoms with Crippen molar-refractivity contribution in [3.63, 3.8) is 0 Å². The Morgan fingerprint density at radius 2 is 2.13 bits per heavy atom. The lowest BCUT2D eigenvalue weighted by molar-refractivity contribution is 0.387. The van der Waals surface area contributed by atoms with E-state index in [0.717, 1.165) is 0 Å². The van der Waals surface area contributed by atoms with Crippen LogP contribution in [0, 0.1) is 0 Å². The Labute approximate surface area is 87.3 Å². The zero-order chi connectivity index (χ0) is 11.1. The van der Waals surface area contributed by atoms with Crippen LogP contribution >= 0.6 is 0 Å². The highest BCUT2D eigenvalue weighted by atomic mass is 32.2. The monoisotopic (exact) mass is 231 g/mol. The fraction of sp³-hybridized carbons (Fsp3) is 0.625. The molecule has 0 aliphatic carbocycles. The van der Waals surface area contributed by atoms with Crippen LogP contribution in [0.15, 0.2) is 4.79 Å². The van der Waals surface area contributed by atoms with E-state index < -0.39 is 10.0 Å². The van der Waals surface area contributed by atoms with Gasteiger partial charge in [-0.05, 0) is 13.3 Å². The van der Waals surface area contributed by atoms with Crippen LogP contribution in [0.3, 0.4) is 0 Å². The molecule has 0 aromatic carbocycles. The fourth-order valence-electron chi connectivity index (χ4n) is 1.73. The molecule has 15 heavy (non-hydrogen) atoms. The number of aromatic nitrogens is 2. The zero-order valence-corrected chi connectivity index (χ0v) is 9.23. The van der Waals surface area contributed by atoms with Gasteiger partial charge in [-0.3, -0.25) is 9.89 Å². The first-order valence-electron chi connectivity index (χ1n) is 4.81. The minimum Gasteiger partial charge on any atom is -0.301 e. The summed E-state index contributed by atoms with van der Waals surface area (Å²) in [5.74, 6) is 0.0942. The Hall–Kier alpha value is -1.08. The van der Waals surface area contributed by atoms with Crippen LogP contribution in [0.1, 0.15) is 18.2 Å². The number of sulfonamides is 1. The lowest BCUT2D eigenvalue weighted by Crippen LogP contribution is -2.37. The van der Waals surface area contributed by atoms with E-state index in [1.165, 1.54) is 4.31 Å². The Morgan fingerprint density at radius 3 is 2.80 bits per heavy atom. The van der Waals surface area contributed by atoms with Crippen LogP contribution in [-0.4, -0.2) is 35.2 Å². The Balaban J connectivity index is 2.31. The minimum atomic E-state index is -3.16. The number of hydrogen-bond acceptors (Lipinski definition) is 3. The van der Waals surface area contributed by atoms with Crippen LogP contribution in [-0.2, 0) is 23.0 Å². The Kier molecular flexibility index (Phi) is 2.43. The minimum absolute atomic E-state index is 0.0942. The lowest BCUT2D eigenvalue weighted by atomic mass is 10.1. The van der Waals surface area contributed by atoms with Gasteiger partial charge in [0, 0.05) is 12.1 Å². The average Bonchev–Trinajstić information content (AvgIpc) is 2.60. The highest BCUT2D eigenvalue weighted by molar-refractivity contribution is 7.89. The summed E-state index contributed by atoms with van der Waals surface area (Å²) in [6, 6.07) is 0. The van der Waals surface area contributed by atoms with Gasteiger partial charge in [0.25, 0.3) is 5.56 Å². The third-order valence-electron chi connectivity index (χ3n) is 2.67. The summed E-state index contributed by atoms with van der Waals surface area (Å²) in [4.78, 5) is 11.2. The van der Waals surface area contributed by atoms with Gasteiger partial charge < -0.3 is 5.10 Å². The largest absolute Gasteiger partial charge is 0.301 e. The van der Waals surface area contributed by atoms with E-state index in [0.29, 0.717) is 24.2 Å². The number of nitrogens with zero attached hydrogens (tertiary/aromatic N) is 1. The summed E-state index contributed by atoms with van der Waals surface area (Å²) in [6.45, 7) is 2.28. The van der Waals surface area contributed by atoms with Crippen molar-refractivity contribution in [2.75, 3.05) is 12.3 Å². The van der Waals surface area contributed by atoms with Gasteiger partial charge in [0.05, 0.1) is 18.0 Å². The highest BCUT2D eigenvalue weighted by Gasteiger charge is 2.27. The van der Waals surface area contributed by atoms with Gasteiger partial charge in [0.1, 0.15) is 0 Å². The molecule has 1 aliphatic rings. The van der Waals surface area contributed by atoms with Crippen molar-refractivity contribution < 1.29 is 8.42 Å². The lowest BCUT2D eigenvalue weighted by Gasteiger charge is -2.24. The molecular weight excluding hydrogens is 218 g/mol. The molecule has 0 fully saturated rings. The van der Waals surface area contributed by atoms with Gasteiger partial charge in [-0.25, -0.2) is 8.42 Å². The predicted molar refractivity (Wildman–Crippen MR) is 55.0 cm³/mol. The number of rotatable bonds is 2. The van der Waals surface area contributed by atoms with Crippen molar-refractivity contribution in [2.24, 2.45) is 0 Å². The van der Waals surface area contributed by atoms with Crippen molar-refractivity contribution in [3.05, 3.63) is 21.6 Å². The van der Waals surface area contributed by atoms with Gasteiger partial charge >= 0.3 is 0 Å². The van der Waals surface area contributed by atoms with Gasteiger partial charge in [-0.2, -0.15) is 4.31 Å². The molecule has 0 saturated heterocycles. The van der Waals surface area contributed by atoms with E-state index in [1.807, 2.05) is 0 Å². The molecule has 0 atom stereocenters. The molecule has 6 nitrogen and oxygen atoms in total. The first-order valence-corrected chi connectivity index (χ1v) is 6.41. The Bertz CT molecular complexity index is 513. The average molecular weight is 231 g/mol. The normalized spacial score (nSPS) is 17.7. The van der Waals surface area contributed by atoms with Gasteiger partial charge in [0.15, 0.2) is 0 Å². The first-order chi connectivity index (χ1) is 7.04. The van der Waals surface area contributed by atoms with Crippen LogP contribution < -0.4 is 5.56 Å². The third kappa shape index (κ3) is 1.72. The zero-order valence-electron chi connectivity index (χ0n) is 8.41. The standard InChI is InChI=1S/C8H13N3O3S/c1-2-15(13,14)11-4-3-6-7(5-11)9-10-8(6)12/h2-5H2,1H3,(H2,9,10,12). The van der Waals surface area contributed by atoms with Crippen molar-refractivity contribution in [3.8, 4) is 0 Å². The van der Waals surface area contributed by atoms with E-state index in [9.17, 15) is 13.2 Å². The molecule has 84 valence electrons. The molecule has 0 unspecified atom stereocenters. The summed E-state index contributed by atoms with van der Waals surface area (Å²) < 4.78 is 24.6. The molecule has 0 saturated carbocycles. The molecule has 2 N–H and O–H groups in total. The van der Waals surface area contributed by atoms with Crippen molar-refractivity contribution in [2.45, 2.75) is 19.9 Å². The summed E-state index contributed by atoms with van der Waals surface area (Å²) in [5, 5.41) is 5.18. The maximum absolute atomic E-state index is 11.6. The maximum Gasteiger partial charge on any atom is 0.267 e. The number of H-pyrrole nitrogens is 2. The number of nitrogens with one attached hydrogen (secondary N) is 2. The van der Waals surface area contributed by atoms with Gasteiger partial charge in [-0.15, -0.1) is 0 Å². The number of aromatic amines is 2. The molecule has 2 heterocycles. The summed E-state index contributed by atoms with van der Waals surface area (Å²) >= 11 is 0. The highest BCUT2D eigenvalue weighted by Crippen LogP contribution is 2.16. The van der Waals surface area contributed by atoms with E-state index in [4.69, 9.17) is 0 Å². The fourth-order valence-corrected chi connectivity index (χ4v) is 2.79. The molecule has 0 spiro atoms. The molecule has 1 aromatic rings. The first kappa shape index (κ1) is 10.4. The maximum atomic E-state index is 11.6. The van der Waals surface area contributed by atoms with Crippen LogP contribution in [0.2, 0.25) is 0 Å². The summed E-state index contributed by atoms with van der Waals surface area (Å²) in [7, 11) is -3.16. The van der Waals surface area contributed by atoms with Crippen LogP contribution in [0.4, 0.5) is 0 Å². The molecule has 0 amide bonds. The number of hydrogen-bond donors (Lipinski definition) is 2. The van der Waals surface area contributed by atoms with E-state index in [2.05, 4.69) is 10.2 Å². The molecule has 2 rings (SSSR count). The second kappa shape index (κ2) is 3.49. The second-order valence-corrected chi connectivity index (χ2v) is 5.78. The summed E-state index contributed by atoms with van der Waals surface area (Å²) in [6.07, 6.45) is 0.480. The number of fused-ring (bicyclic) bond motifs is 1. The molecule has 7 heteroatoms. The van der Waals surface area contributed by atoms with Crippen LogP contribution in [0.5, 0.6) is 0 Å². The third-order valence-corrected chi connectivity index (χ3v) is 4.50. The quantitative estimate of drug-likeness (QED) is 0.713. The van der Waals surface area contributed by atoms with Crippen molar-refractivity contribution >= 4 is 10.0 Å². The summed E-state index contributed by atoms with van der Waals surface area (Å²) in [5.41, 5.74) is 1.22. The molecule has 1 aromatic heterocycles. The molecule has 0 bridgehead atoms. The van der Waals surface area contributed by atoms with Gasteiger partial charge in [-0.1, -0.05) is 0 Å². The van der Waals surface area contributed by atoms with Crippen molar-refractivity contribution in [1.82, 2.24) is 14.5 Å². The molecular formula is C8H13N3O3S. The molecule has 1 aliphatic heterocycles. The Morgan fingerprint density at radius 1 is 1.40 bits per heavy atom. The van der Waals surface area contributed by atoms with E-state index in [-0.39, 0.29) is 17.9 Å². The van der Waals surface area contributed by atoms with E-state index >= 15 is 0 Å². The predicted octanol–water partition coefficient (Wildman–Crippen LogP) is -0.589. The van der Waals surface area contributed by atoms with Gasteiger partial charge in [0.2, 0.25) is 10.0 Å².